The Bertz CT molecular complexity index is 521. The number of amides is 2. The molecule has 1 aliphatic rings. The highest BCUT2D eigenvalue weighted by Gasteiger charge is 2.22. The first-order valence-electron chi connectivity index (χ1n) is 8.58. The van der Waals surface area contributed by atoms with E-state index in [0.29, 0.717) is 52.2 Å². The number of hydrogen-bond donors (Lipinski definition) is 0. The first-order chi connectivity index (χ1) is 11.7. The second-order valence-corrected chi connectivity index (χ2v) is 5.69. The van der Waals surface area contributed by atoms with Crippen molar-refractivity contribution in [1.82, 2.24) is 9.80 Å². The highest BCUT2D eigenvalue weighted by atomic mass is 16.6. The maximum absolute atomic E-state index is 12.3. The second-order valence-electron chi connectivity index (χ2n) is 5.69. The van der Waals surface area contributed by atoms with Gasteiger partial charge in [0.05, 0.1) is 13.2 Å². The summed E-state index contributed by atoms with van der Waals surface area (Å²) in [6, 6.07) is 9.59. The molecule has 0 bridgehead atoms. The lowest BCUT2D eigenvalue weighted by Crippen LogP contribution is -2.37. The smallest absolute Gasteiger partial charge is 0.409 e. The molecule has 0 N–H and O–H groups in total. The van der Waals surface area contributed by atoms with Gasteiger partial charge in [-0.3, -0.25) is 4.79 Å². The lowest BCUT2D eigenvalue weighted by atomic mass is 10.2. The zero-order valence-corrected chi connectivity index (χ0v) is 14.3. The number of carbonyl (C=O) groups excluding carboxylic acids is 2. The number of carbonyl (C=O) groups is 2. The van der Waals surface area contributed by atoms with Crippen LogP contribution in [0.25, 0.3) is 0 Å². The van der Waals surface area contributed by atoms with E-state index >= 15 is 0 Å². The van der Waals surface area contributed by atoms with Crippen molar-refractivity contribution in [3.8, 4) is 5.75 Å². The molecule has 24 heavy (non-hydrogen) atoms. The van der Waals surface area contributed by atoms with E-state index in [1.165, 1.54) is 0 Å². The molecule has 0 spiro atoms. The average Bonchev–Trinajstić information content (AvgIpc) is 2.86. The zero-order valence-electron chi connectivity index (χ0n) is 14.3. The first-order valence-corrected chi connectivity index (χ1v) is 8.58. The van der Waals surface area contributed by atoms with E-state index < -0.39 is 0 Å². The molecule has 1 heterocycles. The molecule has 1 saturated heterocycles. The molecule has 1 fully saturated rings. The molecular weight excluding hydrogens is 308 g/mol. The van der Waals surface area contributed by atoms with Crippen LogP contribution in [0, 0.1) is 0 Å². The Morgan fingerprint density at radius 1 is 1.04 bits per heavy atom. The molecule has 0 radical (unpaired) electrons. The van der Waals surface area contributed by atoms with Gasteiger partial charge in [0.1, 0.15) is 5.75 Å². The van der Waals surface area contributed by atoms with Crippen LogP contribution >= 0.6 is 0 Å². The number of ether oxygens (including phenoxy) is 2. The van der Waals surface area contributed by atoms with E-state index in [0.717, 1.165) is 12.2 Å². The monoisotopic (exact) mass is 334 g/mol. The summed E-state index contributed by atoms with van der Waals surface area (Å²) in [4.78, 5) is 27.6. The quantitative estimate of drug-likeness (QED) is 0.750. The summed E-state index contributed by atoms with van der Waals surface area (Å²) < 4.78 is 10.6. The topological polar surface area (TPSA) is 59.1 Å². The molecule has 2 rings (SSSR count). The van der Waals surface area contributed by atoms with Crippen molar-refractivity contribution in [1.29, 1.82) is 0 Å². The Kier molecular flexibility index (Phi) is 7.39. The predicted molar refractivity (Wildman–Crippen MR) is 91.0 cm³/mol. The first kappa shape index (κ1) is 18.1. The van der Waals surface area contributed by atoms with Gasteiger partial charge in [-0.05, 0) is 31.9 Å². The minimum absolute atomic E-state index is 0.123. The normalized spacial score (nSPS) is 14.9. The molecule has 1 aromatic rings. The van der Waals surface area contributed by atoms with Gasteiger partial charge in [-0.15, -0.1) is 0 Å². The fourth-order valence-electron chi connectivity index (χ4n) is 2.65. The minimum Gasteiger partial charge on any atom is -0.494 e. The summed E-state index contributed by atoms with van der Waals surface area (Å²) >= 11 is 0. The van der Waals surface area contributed by atoms with Gasteiger partial charge in [0.25, 0.3) is 0 Å². The third kappa shape index (κ3) is 5.76. The van der Waals surface area contributed by atoms with Gasteiger partial charge in [-0.1, -0.05) is 18.2 Å². The van der Waals surface area contributed by atoms with Crippen molar-refractivity contribution in [2.45, 2.75) is 26.2 Å². The van der Waals surface area contributed by atoms with Gasteiger partial charge < -0.3 is 19.3 Å². The van der Waals surface area contributed by atoms with Crippen molar-refractivity contribution in [2.75, 3.05) is 39.4 Å². The molecule has 132 valence electrons. The van der Waals surface area contributed by atoms with Crippen molar-refractivity contribution in [2.24, 2.45) is 0 Å². The number of hydrogen-bond acceptors (Lipinski definition) is 4. The highest BCUT2D eigenvalue weighted by molar-refractivity contribution is 5.76. The van der Waals surface area contributed by atoms with Crippen LogP contribution in [0.4, 0.5) is 4.79 Å². The van der Waals surface area contributed by atoms with Crippen molar-refractivity contribution >= 4 is 12.0 Å². The van der Waals surface area contributed by atoms with Crippen molar-refractivity contribution in [3.05, 3.63) is 30.3 Å². The molecule has 0 unspecified atom stereocenters. The predicted octanol–water partition coefficient (Wildman–Crippen LogP) is 2.54. The van der Waals surface area contributed by atoms with Crippen LogP contribution in [-0.2, 0) is 9.53 Å². The van der Waals surface area contributed by atoms with Crippen LogP contribution in [0.5, 0.6) is 5.75 Å². The van der Waals surface area contributed by atoms with E-state index in [4.69, 9.17) is 9.47 Å². The van der Waals surface area contributed by atoms with Gasteiger partial charge in [-0.25, -0.2) is 4.79 Å². The number of benzene rings is 1. The lowest BCUT2D eigenvalue weighted by molar-refractivity contribution is -0.131. The molecule has 0 aromatic heterocycles. The van der Waals surface area contributed by atoms with Crippen LogP contribution in [0.1, 0.15) is 26.2 Å². The van der Waals surface area contributed by atoms with Crippen LogP contribution in [0.3, 0.4) is 0 Å². The van der Waals surface area contributed by atoms with Gasteiger partial charge in [0, 0.05) is 32.6 Å². The Hall–Kier alpha value is -2.24. The summed E-state index contributed by atoms with van der Waals surface area (Å²) in [6.07, 6.45) is 1.64. The summed E-state index contributed by atoms with van der Waals surface area (Å²) in [7, 11) is 0. The Balaban J connectivity index is 1.68. The maximum Gasteiger partial charge on any atom is 0.409 e. The summed E-state index contributed by atoms with van der Waals surface area (Å²) in [5.41, 5.74) is 0. The molecule has 6 heteroatoms. The zero-order chi connectivity index (χ0) is 17.2. The molecular formula is C18H26N2O4. The Morgan fingerprint density at radius 2 is 1.75 bits per heavy atom. The summed E-state index contributed by atoms with van der Waals surface area (Å²) in [6.45, 7) is 5.12. The third-order valence-electron chi connectivity index (χ3n) is 3.92. The van der Waals surface area contributed by atoms with Gasteiger partial charge in [0.15, 0.2) is 0 Å². The Morgan fingerprint density at radius 3 is 2.50 bits per heavy atom. The van der Waals surface area contributed by atoms with Gasteiger partial charge >= 0.3 is 6.09 Å². The van der Waals surface area contributed by atoms with Crippen molar-refractivity contribution < 1.29 is 19.1 Å². The lowest BCUT2D eigenvalue weighted by Gasteiger charge is -2.21. The molecule has 0 saturated carbocycles. The van der Waals surface area contributed by atoms with Gasteiger partial charge in [0.2, 0.25) is 5.91 Å². The molecule has 0 atom stereocenters. The van der Waals surface area contributed by atoms with Crippen LogP contribution < -0.4 is 4.74 Å². The third-order valence-corrected chi connectivity index (χ3v) is 3.92. The second kappa shape index (κ2) is 9.80. The number of nitrogens with zero attached hydrogens (tertiary/aromatic N) is 2. The average molecular weight is 334 g/mol. The van der Waals surface area contributed by atoms with E-state index in [1.807, 2.05) is 35.2 Å². The summed E-state index contributed by atoms with van der Waals surface area (Å²) in [5.74, 6) is 0.946. The van der Waals surface area contributed by atoms with Crippen LogP contribution in [0.15, 0.2) is 30.3 Å². The highest BCUT2D eigenvalue weighted by Crippen LogP contribution is 2.10. The SMILES string of the molecule is CCOC(=O)N1CCCN(C(=O)CCCOc2ccccc2)CC1. The number of para-hydroxylation sites is 1. The van der Waals surface area contributed by atoms with E-state index in [2.05, 4.69) is 0 Å². The van der Waals surface area contributed by atoms with Gasteiger partial charge in [-0.2, -0.15) is 0 Å². The van der Waals surface area contributed by atoms with Crippen molar-refractivity contribution in [3.63, 3.8) is 0 Å². The Labute approximate surface area is 143 Å². The van der Waals surface area contributed by atoms with Crippen LogP contribution in [-0.4, -0.2) is 61.2 Å². The largest absolute Gasteiger partial charge is 0.494 e. The van der Waals surface area contributed by atoms with E-state index in [9.17, 15) is 9.59 Å². The molecule has 0 aliphatic carbocycles. The number of rotatable bonds is 6. The standard InChI is InChI=1S/C18H26N2O4/c1-2-23-18(22)20-12-7-11-19(13-14-20)17(21)10-6-15-24-16-8-4-3-5-9-16/h3-5,8-9H,2,6-7,10-15H2,1H3. The molecule has 6 nitrogen and oxygen atoms in total. The maximum atomic E-state index is 12.3. The van der Waals surface area contributed by atoms with E-state index in [-0.39, 0.29) is 12.0 Å². The summed E-state index contributed by atoms with van der Waals surface area (Å²) in [5, 5.41) is 0. The van der Waals surface area contributed by atoms with E-state index in [1.54, 1.807) is 11.8 Å². The fourth-order valence-corrected chi connectivity index (χ4v) is 2.65. The molecule has 1 aromatic carbocycles. The fraction of sp³-hybridized carbons (Fsp3) is 0.556. The molecule has 1 aliphatic heterocycles. The molecule has 2 amide bonds. The minimum atomic E-state index is -0.289. The van der Waals surface area contributed by atoms with Crippen LogP contribution in [0.2, 0.25) is 0 Å².